The number of carbonyl (C=O) groups is 2. The Morgan fingerprint density at radius 2 is 1.14 bits per heavy atom. The summed E-state index contributed by atoms with van der Waals surface area (Å²) in [4.78, 5) is 26.5. The largest absolute Gasteiger partial charge is 0.459 e. The highest BCUT2D eigenvalue weighted by Crippen LogP contribution is 2.16. The molecule has 0 N–H and O–H groups in total. The first-order chi connectivity index (χ1) is 13.2. The van der Waals surface area contributed by atoms with Crippen LogP contribution in [0.4, 0.5) is 0 Å². The van der Waals surface area contributed by atoms with Crippen LogP contribution >= 0.6 is 0 Å². The first kappa shape index (κ1) is 26.9. The van der Waals surface area contributed by atoms with Gasteiger partial charge < -0.3 is 14.4 Å². The Kier molecular flexibility index (Phi) is 15.2. The number of hydrogen-bond acceptors (Lipinski definition) is 5. The van der Waals surface area contributed by atoms with Crippen LogP contribution in [0.2, 0.25) is 0 Å². The fraction of sp³-hybridized carbons (Fsp3) is 0.913. The number of nitrogens with zero attached hydrogens (tertiary/aromatic N) is 1. The lowest BCUT2D eigenvalue weighted by molar-refractivity contribution is -0.170. The van der Waals surface area contributed by atoms with E-state index in [1.807, 2.05) is 32.8 Å². The van der Waals surface area contributed by atoms with Gasteiger partial charge in [0.15, 0.2) is 0 Å². The van der Waals surface area contributed by atoms with E-state index in [0.717, 1.165) is 25.8 Å². The van der Waals surface area contributed by atoms with Crippen LogP contribution < -0.4 is 0 Å². The third kappa shape index (κ3) is 13.1. The molecule has 0 rings (SSSR count). The molecule has 0 aromatic rings. The van der Waals surface area contributed by atoms with Gasteiger partial charge in [0.2, 0.25) is 0 Å². The lowest BCUT2D eigenvalue weighted by Crippen LogP contribution is -2.34. The van der Waals surface area contributed by atoms with Gasteiger partial charge in [-0.15, -0.1) is 0 Å². The molecule has 5 heteroatoms. The minimum atomic E-state index is -0.441. The van der Waals surface area contributed by atoms with Gasteiger partial charge in [0.1, 0.15) is 12.2 Å². The second-order valence-electron chi connectivity index (χ2n) is 8.59. The van der Waals surface area contributed by atoms with Crippen LogP contribution in [0.1, 0.15) is 92.4 Å². The van der Waals surface area contributed by atoms with Gasteiger partial charge in [-0.05, 0) is 47.3 Å². The summed E-state index contributed by atoms with van der Waals surface area (Å²) in [6, 6.07) is 0. The molecule has 0 radical (unpaired) electrons. The van der Waals surface area contributed by atoms with Crippen LogP contribution in [0, 0.1) is 11.8 Å². The van der Waals surface area contributed by atoms with Crippen LogP contribution in [-0.4, -0.2) is 49.7 Å². The molecule has 0 heterocycles. The fourth-order valence-corrected chi connectivity index (χ4v) is 2.89. The first-order valence-electron chi connectivity index (χ1n) is 11.2. The molecule has 166 valence electrons. The normalized spacial score (nSPS) is 15.7. The lowest BCUT2D eigenvalue weighted by Gasteiger charge is -2.24. The molecule has 0 saturated carbocycles. The number of carbonyl (C=O) groups excluding carboxylic acids is 2. The molecule has 0 aromatic heterocycles. The number of esters is 2. The third-order valence-electron chi connectivity index (χ3n) is 5.32. The Balaban J connectivity index is 4.08. The van der Waals surface area contributed by atoms with Crippen molar-refractivity contribution in [1.82, 2.24) is 4.90 Å². The Morgan fingerprint density at radius 1 is 0.714 bits per heavy atom. The number of ether oxygens (including phenoxy) is 2. The molecule has 0 fully saturated rings. The molecule has 4 atom stereocenters. The third-order valence-corrected chi connectivity index (χ3v) is 5.32. The topological polar surface area (TPSA) is 55.8 Å². The summed E-state index contributed by atoms with van der Waals surface area (Å²) in [6.45, 7) is 10.4. The minimum absolute atomic E-state index is 0.111. The summed E-state index contributed by atoms with van der Waals surface area (Å²) in [5.41, 5.74) is 0. The van der Waals surface area contributed by atoms with Gasteiger partial charge in [-0.3, -0.25) is 9.59 Å². The van der Waals surface area contributed by atoms with Crippen molar-refractivity contribution in [2.24, 2.45) is 11.8 Å². The van der Waals surface area contributed by atoms with Crippen LogP contribution in [0.3, 0.4) is 0 Å². The molecule has 0 aromatic carbocycles. The average molecular weight is 400 g/mol. The van der Waals surface area contributed by atoms with E-state index in [0.29, 0.717) is 0 Å². The molecular formula is C23H45NO4. The number of hydrogen-bond donors (Lipinski definition) is 0. The molecule has 0 aliphatic heterocycles. The average Bonchev–Trinajstić information content (AvgIpc) is 2.64. The zero-order valence-corrected chi connectivity index (χ0v) is 19.5. The smallest absolute Gasteiger partial charge is 0.309 e. The molecule has 0 saturated heterocycles. The standard InChI is InChI=1S/C23H45NO4/c1-8-9-10-11-12-13-14-15-18(2)22(25)27-20(4)21(5)28-23(26)19(3)16-17-24(6)7/h18-21H,8-17H2,1-7H3. The van der Waals surface area contributed by atoms with Crippen molar-refractivity contribution < 1.29 is 19.1 Å². The van der Waals surface area contributed by atoms with Gasteiger partial charge in [-0.1, -0.05) is 65.7 Å². The minimum Gasteiger partial charge on any atom is -0.459 e. The van der Waals surface area contributed by atoms with Crippen LogP contribution in [0.15, 0.2) is 0 Å². The SMILES string of the molecule is CCCCCCCCCC(C)C(=O)OC(C)C(C)OC(=O)C(C)CCN(C)C. The van der Waals surface area contributed by atoms with Crippen LogP contribution in [0.5, 0.6) is 0 Å². The second-order valence-corrected chi connectivity index (χ2v) is 8.59. The maximum absolute atomic E-state index is 12.3. The van der Waals surface area contributed by atoms with Crippen molar-refractivity contribution in [1.29, 1.82) is 0 Å². The molecule has 0 amide bonds. The predicted octanol–water partition coefficient (Wildman–Crippen LogP) is 5.21. The van der Waals surface area contributed by atoms with Crippen molar-refractivity contribution in [3.8, 4) is 0 Å². The molecular weight excluding hydrogens is 354 g/mol. The highest BCUT2D eigenvalue weighted by Gasteiger charge is 2.25. The van der Waals surface area contributed by atoms with E-state index in [-0.39, 0.29) is 23.8 Å². The summed E-state index contributed by atoms with van der Waals surface area (Å²) in [5.74, 6) is -0.695. The zero-order valence-electron chi connectivity index (χ0n) is 19.5. The second kappa shape index (κ2) is 15.8. The monoisotopic (exact) mass is 399 g/mol. The van der Waals surface area contributed by atoms with Gasteiger partial charge in [0.05, 0.1) is 11.8 Å². The Labute approximate surface area is 173 Å². The Bertz CT molecular complexity index is 425. The molecule has 5 nitrogen and oxygen atoms in total. The van der Waals surface area contributed by atoms with Gasteiger partial charge in [-0.2, -0.15) is 0 Å². The van der Waals surface area contributed by atoms with Crippen molar-refractivity contribution in [3.05, 3.63) is 0 Å². The molecule has 0 bridgehead atoms. The quantitative estimate of drug-likeness (QED) is 0.263. The summed E-state index contributed by atoms with van der Waals surface area (Å²) in [7, 11) is 3.96. The van der Waals surface area contributed by atoms with Gasteiger partial charge >= 0.3 is 11.9 Å². The van der Waals surface area contributed by atoms with E-state index in [1.54, 1.807) is 13.8 Å². The Hall–Kier alpha value is -1.10. The lowest BCUT2D eigenvalue weighted by atomic mass is 10.0. The maximum Gasteiger partial charge on any atom is 0.309 e. The van der Waals surface area contributed by atoms with E-state index in [9.17, 15) is 9.59 Å². The fourth-order valence-electron chi connectivity index (χ4n) is 2.89. The number of rotatable bonds is 16. The first-order valence-corrected chi connectivity index (χ1v) is 11.2. The summed E-state index contributed by atoms with van der Waals surface area (Å²) in [5, 5.41) is 0. The van der Waals surface area contributed by atoms with Crippen LogP contribution in [0.25, 0.3) is 0 Å². The maximum atomic E-state index is 12.3. The summed E-state index contributed by atoms with van der Waals surface area (Å²) < 4.78 is 11.0. The molecule has 28 heavy (non-hydrogen) atoms. The van der Waals surface area contributed by atoms with E-state index in [4.69, 9.17) is 9.47 Å². The van der Waals surface area contributed by atoms with E-state index in [1.165, 1.54) is 38.5 Å². The van der Waals surface area contributed by atoms with Crippen molar-refractivity contribution in [2.45, 2.75) is 105 Å². The van der Waals surface area contributed by atoms with Gasteiger partial charge in [-0.25, -0.2) is 0 Å². The molecule has 0 spiro atoms. The van der Waals surface area contributed by atoms with Gasteiger partial charge in [0.25, 0.3) is 0 Å². The number of unbranched alkanes of at least 4 members (excludes halogenated alkanes) is 6. The summed E-state index contributed by atoms with van der Waals surface area (Å²) in [6.07, 6.45) is 9.41. The van der Waals surface area contributed by atoms with Crippen molar-refractivity contribution in [3.63, 3.8) is 0 Å². The predicted molar refractivity (Wildman–Crippen MR) is 115 cm³/mol. The molecule has 0 aliphatic carbocycles. The Morgan fingerprint density at radius 3 is 1.61 bits per heavy atom. The van der Waals surface area contributed by atoms with E-state index < -0.39 is 12.2 Å². The summed E-state index contributed by atoms with van der Waals surface area (Å²) >= 11 is 0. The van der Waals surface area contributed by atoms with E-state index in [2.05, 4.69) is 6.92 Å². The van der Waals surface area contributed by atoms with Crippen molar-refractivity contribution >= 4 is 11.9 Å². The van der Waals surface area contributed by atoms with Crippen molar-refractivity contribution in [2.75, 3.05) is 20.6 Å². The van der Waals surface area contributed by atoms with E-state index >= 15 is 0 Å². The molecule has 0 aliphatic rings. The highest BCUT2D eigenvalue weighted by atomic mass is 16.6. The highest BCUT2D eigenvalue weighted by molar-refractivity contribution is 5.73. The van der Waals surface area contributed by atoms with Crippen LogP contribution in [-0.2, 0) is 19.1 Å². The zero-order chi connectivity index (χ0) is 21.5. The van der Waals surface area contributed by atoms with Gasteiger partial charge in [0, 0.05) is 0 Å². The molecule has 4 unspecified atom stereocenters.